The van der Waals surface area contributed by atoms with Gasteiger partial charge in [-0.15, -0.1) is 11.3 Å². The summed E-state index contributed by atoms with van der Waals surface area (Å²) in [7, 11) is 4.65. The number of rotatable bonds is 7. The molecule has 0 aliphatic heterocycles. The molecule has 0 aliphatic rings. The molecule has 0 spiro atoms. The fourth-order valence-corrected chi connectivity index (χ4v) is 2.64. The van der Waals surface area contributed by atoms with Crippen LogP contribution in [0.25, 0.3) is 0 Å². The van der Waals surface area contributed by atoms with Crippen LogP contribution in [-0.2, 0) is 11.2 Å². The number of nitrogens with one attached hydrogen (secondary N) is 1. The number of hydrogen-bond acceptors (Lipinski definition) is 6. The van der Waals surface area contributed by atoms with Crippen LogP contribution in [0, 0.1) is 0 Å². The highest BCUT2D eigenvalue weighted by molar-refractivity contribution is 7.10. The first kappa shape index (κ1) is 16.8. The zero-order chi connectivity index (χ0) is 16.7. The monoisotopic (exact) mass is 334 g/mol. The van der Waals surface area contributed by atoms with E-state index in [9.17, 15) is 4.79 Å². The number of amides is 1. The Morgan fingerprint density at radius 1 is 1.22 bits per heavy atom. The Hall–Kier alpha value is -2.54. The highest BCUT2D eigenvalue weighted by Gasteiger charge is 2.11. The molecule has 122 valence electrons. The van der Waals surface area contributed by atoms with Crippen molar-refractivity contribution >= 4 is 23.5 Å². The molecule has 1 heterocycles. The smallest absolute Gasteiger partial charge is 0.245 e. The molecule has 2 rings (SSSR count). The van der Waals surface area contributed by atoms with Crippen LogP contribution in [-0.4, -0.2) is 33.5 Å². The maximum Gasteiger partial charge on any atom is 0.245 e. The molecule has 0 bridgehead atoms. The van der Waals surface area contributed by atoms with Crippen LogP contribution < -0.4 is 19.6 Å². The van der Waals surface area contributed by atoms with Crippen LogP contribution in [0.5, 0.6) is 17.2 Å². The normalized spacial score (nSPS) is 10.6. The number of nitrogens with zero attached hydrogens (tertiary/aromatic N) is 1. The number of carbonyl (C=O) groups is 1. The van der Waals surface area contributed by atoms with E-state index in [0.29, 0.717) is 29.2 Å². The molecule has 0 saturated carbocycles. The van der Waals surface area contributed by atoms with Crippen molar-refractivity contribution in [3.05, 3.63) is 40.1 Å². The third-order valence-corrected chi connectivity index (χ3v) is 3.93. The van der Waals surface area contributed by atoms with Gasteiger partial charge in [-0.05, 0) is 11.4 Å². The number of hydrogen-bond donors (Lipinski definition) is 1. The average Bonchev–Trinajstić information content (AvgIpc) is 3.07. The minimum atomic E-state index is -0.185. The summed E-state index contributed by atoms with van der Waals surface area (Å²) in [5.74, 6) is 1.50. The highest BCUT2D eigenvalue weighted by Crippen LogP contribution is 2.32. The van der Waals surface area contributed by atoms with Gasteiger partial charge in [-0.25, -0.2) is 5.43 Å². The van der Waals surface area contributed by atoms with Crippen LogP contribution >= 0.6 is 11.3 Å². The summed E-state index contributed by atoms with van der Waals surface area (Å²) in [6.45, 7) is 0. The molecular formula is C16H18N2O4S. The van der Waals surface area contributed by atoms with Gasteiger partial charge in [0.05, 0.1) is 39.5 Å². The van der Waals surface area contributed by atoms with E-state index in [1.807, 2.05) is 17.5 Å². The van der Waals surface area contributed by atoms with Crippen LogP contribution in [0.2, 0.25) is 0 Å². The van der Waals surface area contributed by atoms with E-state index >= 15 is 0 Å². The van der Waals surface area contributed by atoms with E-state index in [-0.39, 0.29) is 5.91 Å². The number of hydrazone groups is 1. The predicted molar refractivity (Wildman–Crippen MR) is 89.9 cm³/mol. The van der Waals surface area contributed by atoms with Crippen molar-refractivity contribution in [3.8, 4) is 17.2 Å². The van der Waals surface area contributed by atoms with E-state index in [0.717, 1.165) is 4.88 Å². The maximum absolute atomic E-state index is 11.8. The molecule has 0 atom stereocenters. The number of methoxy groups -OCH3 is 3. The van der Waals surface area contributed by atoms with Gasteiger partial charge in [0.25, 0.3) is 0 Å². The van der Waals surface area contributed by atoms with E-state index in [2.05, 4.69) is 10.5 Å². The molecule has 1 aromatic carbocycles. The minimum absolute atomic E-state index is 0.185. The Morgan fingerprint density at radius 2 is 1.91 bits per heavy atom. The summed E-state index contributed by atoms with van der Waals surface area (Å²) in [5, 5.41) is 5.90. The van der Waals surface area contributed by atoms with Crippen molar-refractivity contribution in [1.82, 2.24) is 5.43 Å². The topological polar surface area (TPSA) is 69.2 Å². The Morgan fingerprint density at radius 3 is 2.43 bits per heavy atom. The van der Waals surface area contributed by atoms with E-state index in [4.69, 9.17) is 14.2 Å². The molecule has 2 aromatic rings. The maximum atomic E-state index is 11.8. The number of ether oxygens (including phenoxy) is 3. The molecule has 1 N–H and O–H groups in total. The first-order valence-electron chi connectivity index (χ1n) is 6.82. The van der Waals surface area contributed by atoms with Gasteiger partial charge in [-0.3, -0.25) is 4.79 Å². The third-order valence-electron chi connectivity index (χ3n) is 3.05. The van der Waals surface area contributed by atoms with Gasteiger partial charge in [0.15, 0.2) is 0 Å². The van der Waals surface area contributed by atoms with E-state index in [1.54, 1.807) is 33.5 Å². The van der Waals surface area contributed by atoms with Gasteiger partial charge < -0.3 is 14.2 Å². The first-order valence-corrected chi connectivity index (χ1v) is 7.70. The Labute approximate surface area is 138 Å². The van der Waals surface area contributed by atoms with E-state index < -0.39 is 0 Å². The second-order valence-corrected chi connectivity index (χ2v) is 5.53. The molecule has 0 aliphatic carbocycles. The van der Waals surface area contributed by atoms with Crippen LogP contribution in [0.3, 0.4) is 0 Å². The van der Waals surface area contributed by atoms with Crippen molar-refractivity contribution in [2.45, 2.75) is 6.42 Å². The highest BCUT2D eigenvalue weighted by atomic mass is 32.1. The Bertz CT molecular complexity index is 658. The molecule has 6 nitrogen and oxygen atoms in total. The molecule has 1 aromatic heterocycles. The number of thiophene rings is 1. The lowest BCUT2D eigenvalue weighted by atomic mass is 10.2. The third kappa shape index (κ3) is 4.46. The van der Waals surface area contributed by atoms with E-state index in [1.165, 1.54) is 17.6 Å². The Balaban J connectivity index is 2.10. The molecule has 0 saturated heterocycles. The van der Waals surface area contributed by atoms with Gasteiger partial charge >= 0.3 is 0 Å². The first-order chi connectivity index (χ1) is 11.2. The summed E-state index contributed by atoms with van der Waals surface area (Å²) in [6, 6.07) is 7.25. The fraction of sp³-hybridized carbons (Fsp3) is 0.250. The van der Waals surface area contributed by atoms with Crippen molar-refractivity contribution in [1.29, 1.82) is 0 Å². The van der Waals surface area contributed by atoms with Crippen LogP contribution in [0.4, 0.5) is 0 Å². The summed E-state index contributed by atoms with van der Waals surface area (Å²) >= 11 is 1.53. The minimum Gasteiger partial charge on any atom is -0.496 e. The summed E-state index contributed by atoms with van der Waals surface area (Å²) in [5.41, 5.74) is 3.11. The fourth-order valence-electron chi connectivity index (χ4n) is 1.94. The molecule has 7 heteroatoms. The van der Waals surface area contributed by atoms with Gasteiger partial charge in [0.2, 0.25) is 5.91 Å². The predicted octanol–water partition coefficient (Wildman–Crippen LogP) is 2.47. The standard InChI is InChI=1S/C16H18N2O4S/c1-20-11-7-14(21-2)13(15(8-11)22-3)10-17-18-16(19)9-12-5-4-6-23-12/h4-8,10H,9H2,1-3H3,(H,18,19)/b17-10-. The lowest BCUT2D eigenvalue weighted by Gasteiger charge is -2.12. The van der Waals surface area contributed by atoms with Gasteiger partial charge in [-0.1, -0.05) is 6.07 Å². The largest absolute Gasteiger partial charge is 0.496 e. The number of carbonyl (C=O) groups excluding carboxylic acids is 1. The van der Waals surface area contributed by atoms with Gasteiger partial charge in [0, 0.05) is 17.0 Å². The average molecular weight is 334 g/mol. The zero-order valence-electron chi connectivity index (χ0n) is 13.2. The van der Waals surface area contributed by atoms with Gasteiger partial charge in [0.1, 0.15) is 17.2 Å². The van der Waals surface area contributed by atoms with Gasteiger partial charge in [-0.2, -0.15) is 5.10 Å². The van der Waals surface area contributed by atoms with Crippen LogP contribution in [0.15, 0.2) is 34.7 Å². The quantitative estimate of drug-likeness (QED) is 0.624. The second-order valence-electron chi connectivity index (χ2n) is 4.49. The lowest BCUT2D eigenvalue weighted by Crippen LogP contribution is -2.19. The summed E-state index contributed by atoms with van der Waals surface area (Å²) in [4.78, 5) is 12.8. The SMILES string of the molecule is COc1cc(OC)c(/C=N\NC(=O)Cc2cccs2)c(OC)c1. The summed E-state index contributed by atoms with van der Waals surface area (Å²) in [6.07, 6.45) is 1.79. The Kier molecular flexibility index (Phi) is 5.99. The van der Waals surface area contributed by atoms with Crippen molar-refractivity contribution in [2.24, 2.45) is 5.10 Å². The zero-order valence-corrected chi connectivity index (χ0v) is 14.0. The van der Waals surface area contributed by atoms with Crippen LogP contribution in [0.1, 0.15) is 10.4 Å². The number of benzene rings is 1. The summed E-state index contributed by atoms with van der Waals surface area (Å²) < 4.78 is 15.8. The molecule has 0 radical (unpaired) electrons. The molecular weight excluding hydrogens is 316 g/mol. The molecule has 0 unspecified atom stereocenters. The lowest BCUT2D eigenvalue weighted by molar-refractivity contribution is -0.120. The molecule has 23 heavy (non-hydrogen) atoms. The van der Waals surface area contributed by atoms with Crippen molar-refractivity contribution in [2.75, 3.05) is 21.3 Å². The van der Waals surface area contributed by atoms with Crippen molar-refractivity contribution in [3.63, 3.8) is 0 Å². The molecule has 0 fully saturated rings. The second kappa shape index (κ2) is 8.19. The molecule has 1 amide bonds. The van der Waals surface area contributed by atoms with Crippen molar-refractivity contribution < 1.29 is 19.0 Å².